The zero-order chi connectivity index (χ0) is 32.4. The van der Waals surface area contributed by atoms with E-state index >= 15 is 0 Å². The number of likely N-dealkylation sites (tertiary alicyclic amines) is 1. The maximum atomic E-state index is 14.6. The van der Waals surface area contributed by atoms with Gasteiger partial charge in [0.2, 0.25) is 11.8 Å². The van der Waals surface area contributed by atoms with Gasteiger partial charge in [-0.2, -0.15) is 0 Å². The molecule has 1 spiro atoms. The van der Waals surface area contributed by atoms with Crippen molar-refractivity contribution in [2.24, 2.45) is 0 Å². The summed E-state index contributed by atoms with van der Waals surface area (Å²) < 4.78 is 11.0. The fraction of sp³-hybridized carbons (Fsp3) is 0.429. The number of aromatic nitrogens is 3. The van der Waals surface area contributed by atoms with E-state index in [1.165, 1.54) is 0 Å². The molecule has 1 N–H and O–H groups in total. The lowest BCUT2D eigenvalue weighted by molar-refractivity contribution is -0.138. The summed E-state index contributed by atoms with van der Waals surface area (Å²) in [5.41, 5.74) is 2.59. The number of rotatable bonds is 5. The number of nitrogens with zero attached hydrogens (tertiary/aromatic N) is 5. The number of benzene rings is 1. The quantitative estimate of drug-likeness (QED) is 0.315. The van der Waals surface area contributed by atoms with Gasteiger partial charge in [0.1, 0.15) is 16.9 Å². The van der Waals surface area contributed by atoms with Crippen molar-refractivity contribution in [1.29, 1.82) is 0 Å². The van der Waals surface area contributed by atoms with Crippen LogP contribution in [0.15, 0.2) is 53.4 Å². The monoisotopic (exact) mass is 622 g/mol. The highest BCUT2D eigenvalue weighted by molar-refractivity contribution is 6.08. The molecule has 1 aromatic carbocycles. The lowest BCUT2D eigenvalue weighted by Crippen LogP contribution is -2.56. The number of pyridine rings is 2. The number of ether oxygens (including phenoxy) is 1. The number of hydrogen-bond acceptors (Lipinski definition) is 8. The van der Waals surface area contributed by atoms with E-state index in [0.717, 1.165) is 44.5 Å². The van der Waals surface area contributed by atoms with Gasteiger partial charge in [0.15, 0.2) is 0 Å². The summed E-state index contributed by atoms with van der Waals surface area (Å²) in [5.74, 6) is 0.556. The van der Waals surface area contributed by atoms with Crippen LogP contribution in [0.4, 0.5) is 10.5 Å². The zero-order valence-corrected chi connectivity index (χ0v) is 26.8. The van der Waals surface area contributed by atoms with Crippen LogP contribution in [0.1, 0.15) is 69.2 Å². The predicted molar refractivity (Wildman–Crippen MR) is 171 cm³/mol. The van der Waals surface area contributed by atoms with Crippen molar-refractivity contribution in [3.05, 3.63) is 71.6 Å². The summed E-state index contributed by atoms with van der Waals surface area (Å²) in [6.07, 6.45) is 6.80. The Kier molecular flexibility index (Phi) is 6.91. The normalized spacial score (nSPS) is 18.2. The first-order chi connectivity index (χ1) is 21.9. The van der Waals surface area contributed by atoms with Crippen LogP contribution in [0.5, 0.6) is 0 Å². The number of fused-ring (bicyclic) bond motifs is 3. The zero-order valence-electron chi connectivity index (χ0n) is 26.8. The lowest BCUT2D eigenvalue weighted by Gasteiger charge is -2.40. The molecule has 0 radical (unpaired) electrons. The number of piperidine rings is 1. The SMILES string of the molecule is Cc1noc(C)c1-c1c(CN2C(=O)C3(CCN(C(=O)C4(NC(=O)OC(C)(C)C)CC4)CC3)c3ccncc32)ncc2ccccc12. The van der Waals surface area contributed by atoms with Crippen LogP contribution in [0.3, 0.4) is 0 Å². The molecule has 3 aliphatic rings. The molecule has 1 saturated heterocycles. The Morgan fingerprint density at radius 3 is 2.43 bits per heavy atom. The fourth-order valence-electron chi connectivity index (χ4n) is 7.13. The molecule has 0 unspecified atom stereocenters. The Labute approximate surface area is 267 Å². The molecule has 7 rings (SSSR count). The van der Waals surface area contributed by atoms with E-state index in [1.807, 2.05) is 44.3 Å². The molecule has 2 fully saturated rings. The van der Waals surface area contributed by atoms with E-state index in [9.17, 15) is 14.4 Å². The average molecular weight is 623 g/mol. The molecule has 1 saturated carbocycles. The molecule has 11 nitrogen and oxygen atoms in total. The van der Waals surface area contributed by atoms with E-state index in [-0.39, 0.29) is 18.4 Å². The van der Waals surface area contributed by atoms with Crippen molar-refractivity contribution in [3.63, 3.8) is 0 Å². The predicted octanol–water partition coefficient (Wildman–Crippen LogP) is 5.37. The topological polar surface area (TPSA) is 131 Å². The summed E-state index contributed by atoms with van der Waals surface area (Å²) in [4.78, 5) is 53.6. The smallest absolute Gasteiger partial charge is 0.408 e. The van der Waals surface area contributed by atoms with Gasteiger partial charge in [0, 0.05) is 42.0 Å². The van der Waals surface area contributed by atoms with Crippen molar-refractivity contribution in [1.82, 2.24) is 25.3 Å². The minimum Gasteiger partial charge on any atom is -0.444 e. The Hall–Kier alpha value is -4.80. The minimum atomic E-state index is -0.934. The first kappa shape index (κ1) is 29.9. The van der Waals surface area contributed by atoms with Crippen molar-refractivity contribution in [3.8, 4) is 11.1 Å². The van der Waals surface area contributed by atoms with Gasteiger partial charge in [-0.05, 0) is 77.3 Å². The van der Waals surface area contributed by atoms with E-state index < -0.39 is 22.6 Å². The standard InChI is InChI=1S/C35H38N6O5/c1-21-28(22(2)46-39-21)29-24-9-7-6-8-23(24)18-37-26(29)20-41-27-19-36-15-10-25(27)34(30(41)42)13-16-40(17-14-34)31(43)35(11-12-35)38-32(44)45-33(3,4)5/h6-10,15,18-19H,11-14,16-17,20H2,1-5H3,(H,38,44). The van der Waals surface area contributed by atoms with E-state index in [2.05, 4.69) is 21.5 Å². The highest BCUT2D eigenvalue weighted by Gasteiger charge is 2.57. The van der Waals surface area contributed by atoms with Crippen LogP contribution in [0.2, 0.25) is 0 Å². The van der Waals surface area contributed by atoms with Crippen molar-refractivity contribution >= 4 is 34.4 Å². The summed E-state index contributed by atoms with van der Waals surface area (Å²) in [6, 6.07) is 9.98. The van der Waals surface area contributed by atoms with Gasteiger partial charge in [-0.3, -0.25) is 19.6 Å². The highest BCUT2D eigenvalue weighted by Crippen LogP contribution is 2.49. The summed E-state index contributed by atoms with van der Waals surface area (Å²) >= 11 is 0. The van der Waals surface area contributed by atoms with Gasteiger partial charge >= 0.3 is 6.09 Å². The van der Waals surface area contributed by atoms with Crippen LogP contribution < -0.4 is 10.2 Å². The van der Waals surface area contributed by atoms with Crippen molar-refractivity contribution in [2.75, 3.05) is 18.0 Å². The van der Waals surface area contributed by atoms with Crippen LogP contribution in [-0.4, -0.2) is 62.2 Å². The van der Waals surface area contributed by atoms with E-state index in [4.69, 9.17) is 14.2 Å². The maximum Gasteiger partial charge on any atom is 0.408 e. The van der Waals surface area contributed by atoms with Crippen molar-refractivity contribution < 1.29 is 23.6 Å². The summed E-state index contributed by atoms with van der Waals surface area (Å²) in [6.45, 7) is 10.2. The summed E-state index contributed by atoms with van der Waals surface area (Å²) in [7, 11) is 0. The van der Waals surface area contributed by atoms with Gasteiger partial charge in [-0.15, -0.1) is 0 Å². The van der Waals surface area contributed by atoms with Crippen LogP contribution in [0.25, 0.3) is 21.9 Å². The number of carbonyl (C=O) groups excluding carboxylic acids is 3. The largest absolute Gasteiger partial charge is 0.444 e. The molecule has 46 heavy (non-hydrogen) atoms. The highest BCUT2D eigenvalue weighted by atomic mass is 16.6. The lowest BCUT2D eigenvalue weighted by atomic mass is 9.74. The summed E-state index contributed by atoms with van der Waals surface area (Å²) in [5, 5.41) is 9.03. The van der Waals surface area contributed by atoms with Gasteiger partial charge < -0.3 is 24.4 Å². The Morgan fingerprint density at radius 1 is 1.02 bits per heavy atom. The number of amides is 3. The van der Waals surface area contributed by atoms with E-state index in [1.54, 1.807) is 43.0 Å². The third-order valence-corrected chi connectivity index (χ3v) is 9.53. The van der Waals surface area contributed by atoms with Crippen molar-refractivity contribution in [2.45, 2.75) is 83.4 Å². The number of nitrogens with one attached hydrogen (secondary N) is 1. The molecule has 3 aromatic heterocycles. The number of hydrogen-bond donors (Lipinski definition) is 1. The molecule has 3 amide bonds. The number of aryl methyl sites for hydroxylation is 2. The minimum absolute atomic E-state index is 0.0183. The van der Waals surface area contributed by atoms with Crippen LogP contribution in [-0.2, 0) is 26.3 Å². The van der Waals surface area contributed by atoms with Crippen LogP contribution >= 0.6 is 0 Å². The third kappa shape index (κ3) is 4.89. The molecule has 0 atom stereocenters. The van der Waals surface area contributed by atoms with Gasteiger partial charge in [0.05, 0.1) is 35.2 Å². The van der Waals surface area contributed by atoms with Gasteiger partial charge in [0.25, 0.3) is 0 Å². The number of anilines is 1. The number of alkyl carbamates (subject to hydrolysis) is 1. The fourth-order valence-corrected chi connectivity index (χ4v) is 7.13. The van der Waals surface area contributed by atoms with Gasteiger partial charge in [-0.25, -0.2) is 4.79 Å². The molecular weight excluding hydrogens is 584 g/mol. The molecule has 5 heterocycles. The third-order valence-electron chi connectivity index (χ3n) is 9.53. The molecule has 1 aliphatic carbocycles. The molecular formula is C35H38N6O5. The van der Waals surface area contributed by atoms with Crippen LogP contribution in [0, 0.1) is 13.8 Å². The maximum absolute atomic E-state index is 14.6. The molecule has 0 bridgehead atoms. The molecule has 238 valence electrons. The molecule has 4 aromatic rings. The Morgan fingerprint density at radius 2 is 1.76 bits per heavy atom. The Balaban J connectivity index is 1.16. The Bertz CT molecular complexity index is 1860. The first-order valence-corrected chi connectivity index (χ1v) is 15.8. The first-order valence-electron chi connectivity index (χ1n) is 15.8. The van der Waals surface area contributed by atoms with E-state index in [0.29, 0.717) is 44.5 Å². The second kappa shape index (κ2) is 10.6. The second-order valence-corrected chi connectivity index (χ2v) is 13.7. The van der Waals surface area contributed by atoms with Gasteiger partial charge in [-0.1, -0.05) is 29.4 Å². The molecule has 2 aliphatic heterocycles. The molecule has 11 heteroatoms. The second-order valence-electron chi connectivity index (χ2n) is 13.7. The average Bonchev–Trinajstić information content (AvgIpc) is 3.68. The number of carbonyl (C=O) groups is 3.